The van der Waals surface area contributed by atoms with Crippen molar-refractivity contribution in [3.8, 4) is 0 Å². The summed E-state index contributed by atoms with van der Waals surface area (Å²) < 4.78 is 6.86. The van der Waals surface area contributed by atoms with Crippen molar-refractivity contribution in [3.05, 3.63) is 0 Å². The Morgan fingerprint density at radius 2 is 1.59 bits per heavy atom. The lowest BCUT2D eigenvalue weighted by Gasteiger charge is -2.63. The fourth-order valence-electron chi connectivity index (χ4n) is 9.92. The Hall–Kier alpha value is -0.0400. The molecule has 0 radical (unpaired) electrons. The lowest BCUT2D eigenvalue weighted by atomic mass is 9.44. The van der Waals surface area contributed by atoms with E-state index in [0.29, 0.717) is 16.9 Å². The first-order valence-corrected chi connectivity index (χ1v) is 14.6. The molecule has 4 fully saturated rings. The van der Waals surface area contributed by atoms with Gasteiger partial charge in [0.15, 0.2) is 0 Å². The van der Waals surface area contributed by atoms with Crippen LogP contribution < -0.4 is 0 Å². The van der Waals surface area contributed by atoms with Gasteiger partial charge < -0.3 is 4.74 Å². The van der Waals surface area contributed by atoms with Gasteiger partial charge in [0.1, 0.15) is 0 Å². The Kier molecular flexibility index (Phi) is 7.21. The average molecular weight is 445 g/mol. The van der Waals surface area contributed by atoms with E-state index >= 15 is 0 Å². The van der Waals surface area contributed by atoms with Crippen molar-refractivity contribution in [2.75, 3.05) is 0 Å². The molecule has 4 aliphatic rings. The van der Waals surface area contributed by atoms with Crippen molar-refractivity contribution < 1.29 is 4.74 Å². The van der Waals surface area contributed by atoms with E-state index in [4.69, 9.17) is 4.74 Å². The molecule has 0 N–H and O–H groups in total. The molecule has 0 aromatic rings. The second-order valence-corrected chi connectivity index (χ2v) is 14.7. The Balaban J connectivity index is 1.52. The van der Waals surface area contributed by atoms with Crippen LogP contribution in [0.15, 0.2) is 0 Å². The average Bonchev–Trinajstić information content (AvgIpc) is 3.04. The molecule has 4 aliphatic carbocycles. The van der Waals surface area contributed by atoms with Gasteiger partial charge in [-0.05, 0) is 124 Å². The number of ether oxygens (including phenoxy) is 1. The van der Waals surface area contributed by atoms with Crippen LogP contribution in [0.25, 0.3) is 0 Å². The highest BCUT2D eigenvalue weighted by Crippen LogP contribution is 2.68. The fraction of sp³-hybridized carbons (Fsp3) is 1.00. The maximum atomic E-state index is 6.86. The second kappa shape index (κ2) is 9.20. The lowest BCUT2D eigenvalue weighted by molar-refractivity contribution is -0.209. The van der Waals surface area contributed by atoms with Gasteiger partial charge in [-0.2, -0.15) is 0 Å². The molecule has 0 saturated heterocycles. The molecule has 0 heterocycles. The minimum atomic E-state index is -0.0183. The molecule has 0 aliphatic heterocycles. The molecule has 9 atom stereocenters. The fourth-order valence-corrected chi connectivity index (χ4v) is 9.92. The quantitative estimate of drug-likeness (QED) is 0.396. The number of rotatable bonds is 6. The zero-order chi connectivity index (χ0) is 23.3. The summed E-state index contributed by atoms with van der Waals surface area (Å²) in [6.45, 7) is 19.6. The van der Waals surface area contributed by atoms with E-state index in [0.717, 1.165) is 41.4 Å². The van der Waals surface area contributed by atoms with Crippen LogP contribution >= 0.6 is 0 Å². The standard InChI is InChI=1S/C31H56O/c1-21(2)11-9-12-22(3)25-17-18-26-24-16-15-23-13-10-14-28(32-29(4,5)6)31(23,8)27(24)19-20-30(25,26)7/h21-28H,9-20H2,1-8H3/t22-,23?,24+,25-,26+,27+,28?,30-,31+/m1/s1. The highest BCUT2D eigenvalue weighted by atomic mass is 16.5. The molecule has 2 unspecified atom stereocenters. The van der Waals surface area contributed by atoms with E-state index < -0.39 is 0 Å². The highest BCUT2D eigenvalue weighted by Gasteiger charge is 2.62. The van der Waals surface area contributed by atoms with Gasteiger partial charge >= 0.3 is 0 Å². The van der Waals surface area contributed by atoms with Gasteiger partial charge in [0.25, 0.3) is 0 Å². The van der Waals surface area contributed by atoms with Gasteiger partial charge in [0, 0.05) is 0 Å². The molecule has 186 valence electrons. The summed E-state index contributed by atoms with van der Waals surface area (Å²) >= 11 is 0. The molecular formula is C31H56O. The van der Waals surface area contributed by atoms with Crippen LogP contribution in [-0.4, -0.2) is 11.7 Å². The third-order valence-electron chi connectivity index (χ3n) is 11.4. The maximum Gasteiger partial charge on any atom is 0.0641 e. The van der Waals surface area contributed by atoms with Gasteiger partial charge in [-0.1, -0.05) is 60.3 Å². The summed E-state index contributed by atoms with van der Waals surface area (Å²) in [6, 6.07) is 0. The minimum Gasteiger partial charge on any atom is -0.372 e. The highest BCUT2D eigenvalue weighted by molar-refractivity contribution is 5.11. The predicted molar refractivity (Wildman–Crippen MR) is 138 cm³/mol. The summed E-state index contributed by atoms with van der Waals surface area (Å²) in [4.78, 5) is 0. The molecule has 0 spiro atoms. The van der Waals surface area contributed by atoms with E-state index in [1.165, 1.54) is 77.0 Å². The van der Waals surface area contributed by atoms with Gasteiger partial charge in [-0.3, -0.25) is 0 Å². The smallest absolute Gasteiger partial charge is 0.0641 e. The minimum absolute atomic E-state index is 0.0183. The Morgan fingerprint density at radius 1 is 0.844 bits per heavy atom. The second-order valence-electron chi connectivity index (χ2n) is 14.7. The Morgan fingerprint density at radius 3 is 2.28 bits per heavy atom. The summed E-state index contributed by atoms with van der Waals surface area (Å²) in [7, 11) is 0. The molecule has 1 nitrogen and oxygen atoms in total. The largest absolute Gasteiger partial charge is 0.372 e. The van der Waals surface area contributed by atoms with Crippen molar-refractivity contribution in [2.45, 2.75) is 144 Å². The topological polar surface area (TPSA) is 9.23 Å². The molecule has 1 heteroatoms. The Labute approximate surface area is 201 Å². The first-order valence-electron chi connectivity index (χ1n) is 14.6. The van der Waals surface area contributed by atoms with E-state index in [1.54, 1.807) is 0 Å². The lowest BCUT2D eigenvalue weighted by Crippen LogP contribution is -2.59. The number of hydrogen-bond donors (Lipinski definition) is 0. The van der Waals surface area contributed by atoms with E-state index in [2.05, 4.69) is 55.4 Å². The first kappa shape index (κ1) is 25.1. The molecule has 0 aromatic heterocycles. The summed E-state index contributed by atoms with van der Waals surface area (Å²) in [5.74, 6) is 6.50. The van der Waals surface area contributed by atoms with Gasteiger partial charge in [0.2, 0.25) is 0 Å². The summed E-state index contributed by atoms with van der Waals surface area (Å²) in [6.07, 6.45) is 17.9. The van der Waals surface area contributed by atoms with Crippen LogP contribution in [0.2, 0.25) is 0 Å². The van der Waals surface area contributed by atoms with Crippen molar-refractivity contribution in [1.29, 1.82) is 0 Å². The molecule has 0 bridgehead atoms. The Bertz CT molecular complexity index is 631. The monoisotopic (exact) mass is 444 g/mol. The van der Waals surface area contributed by atoms with E-state index in [-0.39, 0.29) is 5.60 Å². The SMILES string of the molecule is CC(C)CCC[C@@H](C)[C@H]1CC[C@H]2[C@@H]3CCC4CCCC(OC(C)(C)C)[C@]4(C)[C@H]3CC[C@]12C. The van der Waals surface area contributed by atoms with Crippen LogP contribution in [0.1, 0.15) is 132 Å². The first-order chi connectivity index (χ1) is 15.0. The van der Waals surface area contributed by atoms with Crippen LogP contribution in [-0.2, 0) is 4.74 Å². The van der Waals surface area contributed by atoms with Crippen molar-refractivity contribution >= 4 is 0 Å². The van der Waals surface area contributed by atoms with Crippen LogP contribution in [0.5, 0.6) is 0 Å². The summed E-state index contributed by atoms with van der Waals surface area (Å²) in [5.41, 5.74) is 1.00. The molecule has 4 saturated carbocycles. The molecule has 4 rings (SSSR count). The zero-order valence-electron chi connectivity index (χ0n) is 23.0. The van der Waals surface area contributed by atoms with Crippen LogP contribution in [0.3, 0.4) is 0 Å². The van der Waals surface area contributed by atoms with E-state index in [9.17, 15) is 0 Å². The third kappa shape index (κ3) is 4.47. The van der Waals surface area contributed by atoms with Gasteiger partial charge in [-0.15, -0.1) is 0 Å². The number of hydrogen-bond acceptors (Lipinski definition) is 1. The zero-order valence-corrected chi connectivity index (χ0v) is 23.0. The maximum absolute atomic E-state index is 6.86. The number of fused-ring (bicyclic) bond motifs is 5. The summed E-state index contributed by atoms with van der Waals surface area (Å²) in [5, 5.41) is 0. The van der Waals surface area contributed by atoms with Crippen molar-refractivity contribution in [3.63, 3.8) is 0 Å². The third-order valence-corrected chi connectivity index (χ3v) is 11.4. The van der Waals surface area contributed by atoms with Crippen molar-refractivity contribution in [1.82, 2.24) is 0 Å². The van der Waals surface area contributed by atoms with E-state index in [1.807, 2.05) is 0 Å². The molecule has 0 amide bonds. The van der Waals surface area contributed by atoms with Crippen LogP contribution in [0, 0.1) is 52.3 Å². The molecule has 0 aromatic carbocycles. The van der Waals surface area contributed by atoms with Gasteiger partial charge in [-0.25, -0.2) is 0 Å². The van der Waals surface area contributed by atoms with Gasteiger partial charge in [0.05, 0.1) is 11.7 Å². The van der Waals surface area contributed by atoms with Crippen LogP contribution in [0.4, 0.5) is 0 Å². The normalized spacial score (nSPS) is 45.3. The molecule has 32 heavy (non-hydrogen) atoms. The molecular weight excluding hydrogens is 388 g/mol. The van der Waals surface area contributed by atoms with Crippen molar-refractivity contribution in [2.24, 2.45) is 52.3 Å². The predicted octanol–water partition coefficient (Wildman–Crippen LogP) is 9.29.